The van der Waals surface area contributed by atoms with E-state index >= 15 is 0 Å². The molecule has 3 nitrogen and oxygen atoms in total. The van der Waals surface area contributed by atoms with Crippen molar-refractivity contribution in [2.75, 3.05) is 6.61 Å². The molecule has 3 saturated carbocycles. The normalized spacial score (nSPS) is 40.8. The topological polar surface area (TPSA) is 52.3 Å². The van der Waals surface area contributed by atoms with Crippen LogP contribution >= 0.6 is 0 Å². The molecule has 0 saturated heterocycles. The summed E-state index contributed by atoms with van der Waals surface area (Å²) in [5.41, 5.74) is 5.88. The quantitative estimate of drug-likeness (QED) is 0.736. The molecule has 0 aromatic heterocycles. The summed E-state index contributed by atoms with van der Waals surface area (Å²) >= 11 is 0. The lowest BCUT2D eigenvalue weighted by atomic mass is 9.60. The first kappa shape index (κ1) is 11.8. The Morgan fingerprint density at radius 1 is 1.50 bits per heavy atom. The molecule has 0 heterocycles. The van der Waals surface area contributed by atoms with Gasteiger partial charge in [0.25, 0.3) is 5.92 Å². The van der Waals surface area contributed by atoms with Crippen molar-refractivity contribution < 1.29 is 18.3 Å². The molecule has 0 aromatic carbocycles. The van der Waals surface area contributed by atoms with E-state index in [0.717, 1.165) is 0 Å². The molecule has 3 aliphatic carbocycles. The highest BCUT2D eigenvalue weighted by Gasteiger charge is 2.59. The Morgan fingerprint density at radius 2 is 2.19 bits per heavy atom. The fourth-order valence-electron chi connectivity index (χ4n) is 3.10. The molecule has 3 fully saturated rings. The Labute approximate surface area is 93.3 Å². The van der Waals surface area contributed by atoms with E-state index < -0.39 is 29.8 Å². The predicted molar refractivity (Wildman–Crippen MR) is 53.9 cm³/mol. The second-order valence-electron chi connectivity index (χ2n) is 4.76. The van der Waals surface area contributed by atoms with Gasteiger partial charge in [0.05, 0.1) is 12.5 Å². The zero-order valence-corrected chi connectivity index (χ0v) is 9.29. The lowest BCUT2D eigenvalue weighted by Crippen LogP contribution is -2.60. The first-order chi connectivity index (χ1) is 7.47. The minimum Gasteiger partial charge on any atom is -0.466 e. The molecule has 5 heteroatoms. The maximum Gasteiger partial charge on any atom is 0.311 e. The molecule has 3 aliphatic rings. The third-order valence-electron chi connectivity index (χ3n) is 3.88. The number of rotatable bonds is 2. The molecule has 0 spiro atoms. The fraction of sp³-hybridized carbons (Fsp3) is 0.909. The molecule has 0 unspecified atom stereocenters. The first-order valence-electron chi connectivity index (χ1n) is 5.77. The molecule has 16 heavy (non-hydrogen) atoms. The summed E-state index contributed by atoms with van der Waals surface area (Å²) < 4.78 is 32.2. The zero-order valence-electron chi connectivity index (χ0n) is 9.29. The van der Waals surface area contributed by atoms with Crippen molar-refractivity contribution in [2.24, 2.45) is 23.5 Å². The summed E-state index contributed by atoms with van der Waals surface area (Å²) in [6, 6.07) is -0.461. The average Bonchev–Trinajstić information content (AvgIpc) is 2.19. The third-order valence-corrected chi connectivity index (χ3v) is 3.88. The minimum absolute atomic E-state index is 0.172. The second kappa shape index (κ2) is 3.95. The van der Waals surface area contributed by atoms with Crippen LogP contribution in [-0.2, 0) is 9.53 Å². The van der Waals surface area contributed by atoms with Gasteiger partial charge in [-0.2, -0.15) is 0 Å². The SMILES string of the molecule is CCOC(=O)[C@@H]1[C@@H](N)[C@@H]2CC[C@H]1C(F)(F)C2. The van der Waals surface area contributed by atoms with Crippen LogP contribution in [0.1, 0.15) is 26.2 Å². The van der Waals surface area contributed by atoms with Crippen molar-refractivity contribution in [2.45, 2.75) is 38.2 Å². The van der Waals surface area contributed by atoms with E-state index in [4.69, 9.17) is 10.5 Å². The summed E-state index contributed by atoms with van der Waals surface area (Å²) in [6.45, 7) is 1.88. The van der Waals surface area contributed by atoms with Crippen molar-refractivity contribution in [3.63, 3.8) is 0 Å². The summed E-state index contributed by atoms with van der Waals surface area (Å²) in [7, 11) is 0. The molecule has 4 atom stereocenters. The van der Waals surface area contributed by atoms with Gasteiger partial charge in [0, 0.05) is 18.4 Å². The highest BCUT2D eigenvalue weighted by Crippen LogP contribution is 2.52. The first-order valence-corrected chi connectivity index (χ1v) is 5.77. The highest BCUT2D eigenvalue weighted by atomic mass is 19.3. The smallest absolute Gasteiger partial charge is 0.311 e. The number of carbonyl (C=O) groups excluding carboxylic acids is 1. The van der Waals surface area contributed by atoms with Gasteiger partial charge in [-0.3, -0.25) is 4.79 Å². The van der Waals surface area contributed by atoms with Crippen LogP contribution in [0.25, 0.3) is 0 Å². The van der Waals surface area contributed by atoms with Crippen LogP contribution in [-0.4, -0.2) is 24.5 Å². The van der Waals surface area contributed by atoms with Crippen LogP contribution < -0.4 is 5.73 Å². The van der Waals surface area contributed by atoms with Gasteiger partial charge in [-0.15, -0.1) is 0 Å². The molecule has 2 N–H and O–H groups in total. The van der Waals surface area contributed by atoms with Gasteiger partial charge >= 0.3 is 5.97 Å². The van der Waals surface area contributed by atoms with Crippen LogP contribution in [0.3, 0.4) is 0 Å². The van der Waals surface area contributed by atoms with Gasteiger partial charge in [-0.25, -0.2) is 8.78 Å². The number of hydrogen-bond donors (Lipinski definition) is 1. The fourth-order valence-corrected chi connectivity index (χ4v) is 3.10. The van der Waals surface area contributed by atoms with Gasteiger partial charge in [0.1, 0.15) is 0 Å². The van der Waals surface area contributed by atoms with E-state index in [1.807, 2.05) is 0 Å². The largest absolute Gasteiger partial charge is 0.466 e. The molecule has 0 aromatic rings. The number of halogens is 2. The van der Waals surface area contributed by atoms with E-state index in [1.54, 1.807) is 6.92 Å². The minimum atomic E-state index is -2.75. The number of carbonyl (C=O) groups is 1. The zero-order chi connectivity index (χ0) is 11.9. The summed E-state index contributed by atoms with van der Waals surface area (Å²) in [5, 5.41) is 0. The summed E-state index contributed by atoms with van der Waals surface area (Å²) in [4.78, 5) is 11.7. The van der Waals surface area contributed by atoms with E-state index in [9.17, 15) is 13.6 Å². The van der Waals surface area contributed by atoms with Crippen molar-refractivity contribution in [3.8, 4) is 0 Å². The Hall–Kier alpha value is -0.710. The number of nitrogens with two attached hydrogens (primary N) is 1. The molecular formula is C11H17F2NO2. The molecule has 3 rings (SSSR count). The van der Waals surface area contributed by atoms with Gasteiger partial charge < -0.3 is 10.5 Å². The van der Waals surface area contributed by atoms with Gasteiger partial charge in [0.2, 0.25) is 0 Å². The van der Waals surface area contributed by atoms with Crippen molar-refractivity contribution in [3.05, 3.63) is 0 Å². The van der Waals surface area contributed by atoms with Gasteiger partial charge in [0.15, 0.2) is 0 Å². The molecular weight excluding hydrogens is 216 g/mol. The van der Waals surface area contributed by atoms with Crippen LogP contribution in [0.4, 0.5) is 8.78 Å². The number of alkyl halides is 2. The number of ether oxygens (including phenoxy) is 1. The summed E-state index contributed by atoms with van der Waals surface area (Å²) in [5.74, 6) is -5.29. The Morgan fingerprint density at radius 3 is 2.75 bits per heavy atom. The third kappa shape index (κ3) is 1.71. The second-order valence-corrected chi connectivity index (χ2v) is 4.76. The Balaban J connectivity index is 2.21. The molecule has 2 bridgehead atoms. The van der Waals surface area contributed by atoms with E-state index in [2.05, 4.69) is 0 Å². The van der Waals surface area contributed by atoms with Crippen molar-refractivity contribution >= 4 is 5.97 Å². The highest BCUT2D eigenvalue weighted by molar-refractivity contribution is 5.74. The molecule has 0 aliphatic heterocycles. The predicted octanol–water partition coefficient (Wildman–Crippen LogP) is 1.56. The monoisotopic (exact) mass is 233 g/mol. The number of fused-ring (bicyclic) bond motifs is 3. The average molecular weight is 233 g/mol. The van der Waals surface area contributed by atoms with Gasteiger partial charge in [-0.1, -0.05) is 0 Å². The number of esters is 1. The van der Waals surface area contributed by atoms with Gasteiger partial charge in [-0.05, 0) is 25.7 Å². The number of hydrogen-bond acceptors (Lipinski definition) is 3. The van der Waals surface area contributed by atoms with Crippen molar-refractivity contribution in [1.29, 1.82) is 0 Å². The lowest BCUT2D eigenvalue weighted by Gasteiger charge is -2.49. The Bertz CT molecular complexity index is 296. The Kier molecular flexibility index (Phi) is 2.90. The van der Waals surface area contributed by atoms with Crippen LogP contribution in [0.15, 0.2) is 0 Å². The van der Waals surface area contributed by atoms with Crippen molar-refractivity contribution in [1.82, 2.24) is 0 Å². The summed E-state index contributed by atoms with van der Waals surface area (Å²) in [6.07, 6.45) is 0.918. The lowest BCUT2D eigenvalue weighted by molar-refractivity contribution is -0.188. The van der Waals surface area contributed by atoms with Crippen LogP contribution in [0, 0.1) is 17.8 Å². The van der Waals surface area contributed by atoms with E-state index in [1.165, 1.54) is 0 Å². The molecule has 92 valence electrons. The van der Waals surface area contributed by atoms with E-state index in [-0.39, 0.29) is 18.9 Å². The van der Waals surface area contributed by atoms with E-state index in [0.29, 0.717) is 12.8 Å². The molecule has 0 radical (unpaired) electrons. The van der Waals surface area contributed by atoms with Crippen LogP contribution in [0.5, 0.6) is 0 Å². The maximum atomic E-state index is 13.7. The standard InChI is InChI=1S/C11H17F2NO2/c1-2-16-10(15)8-7-4-3-6(9(8)14)5-11(7,12)13/h6-9H,2-5,14H2,1H3/t6-,7-,8+,9+/m1/s1. The van der Waals surface area contributed by atoms with Crippen LogP contribution in [0.2, 0.25) is 0 Å². The molecule has 0 amide bonds. The maximum absolute atomic E-state index is 13.7.